The van der Waals surface area contributed by atoms with Crippen LogP contribution < -0.4 is 0 Å². The van der Waals surface area contributed by atoms with E-state index >= 15 is 0 Å². The molecule has 0 fully saturated rings. The zero-order valence-corrected chi connectivity index (χ0v) is 13.4. The van der Waals surface area contributed by atoms with Gasteiger partial charge in [0, 0.05) is 18.6 Å². The molecule has 8 heteroatoms. The van der Waals surface area contributed by atoms with Gasteiger partial charge in [-0.25, -0.2) is 5.01 Å². The molecule has 1 aromatic carbocycles. The summed E-state index contributed by atoms with van der Waals surface area (Å²) in [7, 11) is 0. The van der Waals surface area contributed by atoms with Crippen molar-refractivity contribution >= 4 is 17.3 Å². The maximum absolute atomic E-state index is 12.8. The van der Waals surface area contributed by atoms with Crippen LogP contribution in [0.15, 0.2) is 75.0 Å². The van der Waals surface area contributed by atoms with E-state index in [-0.39, 0.29) is 11.4 Å². The molecule has 0 saturated carbocycles. The Labute approximate surface area is 147 Å². The SMILES string of the molecule is O=C(c1ccco1)N1N=C(c2ccco2)CC1c1cccc([N+](=O)[O-])c1. The van der Waals surface area contributed by atoms with Crippen molar-refractivity contribution < 1.29 is 18.6 Å². The predicted octanol–water partition coefficient (Wildman–Crippen LogP) is 3.77. The maximum atomic E-state index is 12.8. The molecule has 1 atom stereocenters. The van der Waals surface area contributed by atoms with Crippen molar-refractivity contribution in [1.29, 1.82) is 0 Å². The number of hydrogen-bond acceptors (Lipinski definition) is 6. The van der Waals surface area contributed by atoms with Gasteiger partial charge in [0.05, 0.1) is 23.5 Å². The predicted molar refractivity (Wildman–Crippen MR) is 90.6 cm³/mol. The minimum Gasteiger partial charge on any atom is -0.463 e. The highest BCUT2D eigenvalue weighted by Gasteiger charge is 2.36. The third-order valence-electron chi connectivity index (χ3n) is 4.12. The van der Waals surface area contributed by atoms with Gasteiger partial charge in [0.25, 0.3) is 5.69 Å². The summed E-state index contributed by atoms with van der Waals surface area (Å²) in [5, 5.41) is 16.8. The van der Waals surface area contributed by atoms with E-state index < -0.39 is 16.9 Å². The lowest BCUT2D eigenvalue weighted by molar-refractivity contribution is -0.384. The first-order valence-electron chi connectivity index (χ1n) is 7.86. The van der Waals surface area contributed by atoms with Crippen molar-refractivity contribution in [2.45, 2.75) is 12.5 Å². The minimum atomic E-state index is -0.493. The summed E-state index contributed by atoms with van der Waals surface area (Å²) in [6.07, 6.45) is 3.31. The molecule has 2 aromatic heterocycles. The average molecular weight is 351 g/mol. The molecule has 3 aromatic rings. The second-order valence-electron chi connectivity index (χ2n) is 5.72. The summed E-state index contributed by atoms with van der Waals surface area (Å²) >= 11 is 0. The largest absolute Gasteiger partial charge is 0.463 e. The number of rotatable bonds is 4. The summed E-state index contributed by atoms with van der Waals surface area (Å²) in [5.41, 5.74) is 1.16. The number of non-ortho nitro benzene ring substituents is 1. The van der Waals surface area contributed by atoms with Crippen molar-refractivity contribution in [3.05, 3.63) is 88.3 Å². The van der Waals surface area contributed by atoms with Crippen molar-refractivity contribution in [2.24, 2.45) is 5.10 Å². The molecule has 4 rings (SSSR count). The van der Waals surface area contributed by atoms with Crippen LogP contribution in [0.3, 0.4) is 0 Å². The van der Waals surface area contributed by atoms with Crippen molar-refractivity contribution in [1.82, 2.24) is 5.01 Å². The number of nitro groups is 1. The zero-order chi connectivity index (χ0) is 18.1. The van der Waals surface area contributed by atoms with Gasteiger partial charge in [0.2, 0.25) is 0 Å². The van der Waals surface area contributed by atoms with Crippen LogP contribution in [0.2, 0.25) is 0 Å². The second-order valence-corrected chi connectivity index (χ2v) is 5.72. The van der Waals surface area contributed by atoms with Crippen LogP contribution in [0.1, 0.15) is 34.3 Å². The molecular weight excluding hydrogens is 338 g/mol. The number of hydrogen-bond donors (Lipinski definition) is 0. The molecule has 0 bridgehead atoms. The van der Waals surface area contributed by atoms with Crippen LogP contribution in [0.5, 0.6) is 0 Å². The molecule has 0 spiro atoms. The first-order chi connectivity index (χ1) is 12.6. The lowest BCUT2D eigenvalue weighted by Crippen LogP contribution is -2.26. The fourth-order valence-corrected chi connectivity index (χ4v) is 2.91. The molecule has 1 aliphatic heterocycles. The Hall–Kier alpha value is -3.68. The summed E-state index contributed by atoms with van der Waals surface area (Å²) in [6.45, 7) is 0. The summed E-state index contributed by atoms with van der Waals surface area (Å²) in [6, 6.07) is 12.3. The van der Waals surface area contributed by atoms with Crippen LogP contribution in [0.25, 0.3) is 0 Å². The number of carbonyl (C=O) groups is 1. The first kappa shape index (κ1) is 15.8. The van der Waals surface area contributed by atoms with Crippen LogP contribution in [0.4, 0.5) is 5.69 Å². The van der Waals surface area contributed by atoms with Crippen LogP contribution in [-0.4, -0.2) is 21.6 Å². The van der Waals surface area contributed by atoms with E-state index in [0.717, 1.165) is 0 Å². The van der Waals surface area contributed by atoms with E-state index in [1.807, 2.05) is 0 Å². The maximum Gasteiger partial charge on any atom is 0.310 e. The number of nitro benzene ring substituents is 1. The molecular formula is C18H13N3O5. The number of nitrogens with zero attached hydrogens (tertiary/aromatic N) is 3. The summed E-state index contributed by atoms with van der Waals surface area (Å²) in [5.74, 6) is 0.271. The molecule has 1 aliphatic rings. The van der Waals surface area contributed by atoms with E-state index in [9.17, 15) is 14.9 Å². The molecule has 8 nitrogen and oxygen atoms in total. The third kappa shape index (κ3) is 2.77. The quantitative estimate of drug-likeness (QED) is 0.526. The third-order valence-corrected chi connectivity index (χ3v) is 4.12. The Kier molecular flexibility index (Phi) is 3.85. The van der Waals surface area contributed by atoms with Gasteiger partial charge in [-0.15, -0.1) is 0 Å². The van der Waals surface area contributed by atoms with Gasteiger partial charge in [0.1, 0.15) is 11.5 Å². The standard InChI is InChI=1S/C18H13N3O5/c22-18(17-7-3-9-26-17)20-15(11-14(19-20)16-6-2-8-25-16)12-4-1-5-13(10-12)21(23)24/h1-10,15H,11H2. The van der Waals surface area contributed by atoms with Crippen LogP contribution in [-0.2, 0) is 0 Å². The van der Waals surface area contributed by atoms with Gasteiger partial charge in [-0.1, -0.05) is 12.1 Å². The Bertz CT molecular complexity index is 976. The highest BCUT2D eigenvalue weighted by atomic mass is 16.6. The molecule has 0 aliphatic carbocycles. The lowest BCUT2D eigenvalue weighted by atomic mass is 10.00. The van der Waals surface area contributed by atoms with Gasteiger partial charge in [-0.2, -0.15) is 5.10 Å². The molecule has 3 heterocycles. The van der Waals surface area contributed by atoms with Crippen molar-refractivity contribution in [2.75, 3.05) is 0 Å². The molecule has 130 valence electrons. The highest BCUT2D eigenvalue weighted by Crippen LogP contribution is 2.35. The van der Waals surface area contributed by atoms with Crippen molar-refractivity contribution in [3.63, 3.8) is 0 Å². The van der Waals surface area contributed by atoms with Crippen LogP contribution in [0, 0.1) is 10.1 Å². The average Bonchev–Trinajstić information content (AvgIpc) is 3.42. The lowest BCUT2D eigenvalue weighted by Gasteiger charge is -2.20. The highest BCUT2D eigenvalue weighted by molar-refractivity contribution is 6.02. The monoisotopic (exact) mass is 351 g/mol. The molecule has 1 unspecified atom stereocenters. The summed E-state index contributed by atoms with van der Waals surface area (Å²) in [4.78, 5) is 23.4. The number of amides is 1. The topological polar surface area (TPSA) is 102 Å². The van der Waals surface area contributed by atoms with Crippen LogP contribution >= 0.6 is 0 Å². The Morgan fingerprint density at radius 2 is 1.96 bits per heavy atom. The van der Waals surface area contributed by atoms with E-state index in [4.69, 9.17) is 8.83 Å². The zero-order valence-electron chi connectivity index (χ0n) is 13.4. The fourth-order valence-electron chi connectivity index (χ4n) is 2.91. The van der Waals surface area contributed by atoms with E-state index in [0.29, 0.717) is 23.5 Å². The summed E-state index contributed by atoms with van der Waals surface area (Å²) < 4.78 is 10.6. The van der Waals surface area contributed by atoms with E-state index in [1.165, 1.54) is 29.7 Å². The van der Waals surface area contributed by atoms with Gasteiger partial charge in [-0.3, -0.25) is 14.9 Å². The minimum absolute atomic E-state index is 0.0423. The number of carbonyl (C=O) groups excluding carboxylic acids is 1. The molecule has 0 N–H and O–H groups in total. The molecule has 0 saturated heterocycles. The molecule has 1 amide bonds. The Morgan fingerprint density at radius 3 is 2.65 bits per heavy atom. The van der Waals surface area contributed by atoms with Gasteiger partial charge < -0.3 is 8.83 Å². The van der Waals surface area contributed by atoms with E-state index in [1.54, 1.807) is 36.4 Å². The normalized spacial score (nSPS) is 16.5. The smallest absolute Gasteiger partial charge is 0.310 e. The number of benzene rings is 1. The number of hydrazone groups is 1. The first-order valence-corrected chi connectivity index (χ1v) is 7.86. The molecule has 0 radical (unpaired) electrons. The fraction of sp³-hybridized carbons (Fsp3) is 0.111. The number of furan rings is 2. The van der Waals surface area contributed by atoms with Crippen molar-refractivity contribution in [3.8, 4) is 0 Å². The van der Waals surface area contributed by atoms with Gasteiger partial charge >= 0.3 is 5.91 Å². The van der Waals surface area contributed by atoms with Gasteiger partial charge in [-0.05, 0) is 29.8 Å². The second kappa shape index (κ2) is 6.32. The molecule has 26 heavy (non-hydrogen) atoms. The van der Waals surface area contributed by atoms with Gasteiger partial charge in [0.15, 0.2) is 5.76 Å². The Morgan fingerprint density at radius 1 is 1.15 bits per heavy atom. The van der Waals surface area contributed by atoms with E-state index in [2.05, 4.69) is 5.10 Å². The Balaban J connectivity index is 1.74.